The number of hydrazine groups is 1. The number of aromatic hydroxyl groups is 1. The monoisotopic (exact) mass is 608 g/mol. The van der Waals surface area contributed by atoms with E-state index in [1.807, 2.05) is 0 Å². The van der Waals surface area contributed by atoms with E-state index >= 15 is 0 Å². The lowest BCUT2D eigenvalue weighted by Gasteiger charge is -2.12. The molecule has 1 aliphatic rings. The quantitative estimate of drug-likeness (QED) is 0.104. The zero-order chi connectivity index (χ0) is 30.0. The van der Waals surface area contributed by atoms with E-state index in [9.17, 15) is 9.59 Å². The molecule has 0 spiro atoms. The number of aromatic carboxylic acids is 1. The first kappa shape index (κ1) is 39.1. The van der Waals surface area contributed by atoms with Gasteiger partial charge in [-0.2, -0.15) is 0 Å². The predicted octanol–water partition coefficient (Wildman–Crippen LogP) is 6.40. The van der Waals surface area contributed by atoms with Crippen LogP contribution in [0, 0.1) is 0 Å². The number of amides is 2. The minimum absolute atomic E-state index is 0. The summed E-state index contributed by atoms with van der Waals surface area (Å²) >= 11 is 0. The molecule has 0 radical (unpaired) electrons. The number of phenols is 1. The summed E-state index contributed by atoms with van der Waals surface area (Å²) in [5, 5.41) is 21.9. The van der Waals surface area contributed by atoms with Crippen molar-refractivity contribution in [1.82, 2.24) is 15.8 Å². The number of phenolic OH excluding ortho intramolecular Hbond substituents is 1. The highest BCUT2D eigenvalue weighted by Gasteiger charge is 2.10. The smallest absolute Gasteiger partial charge is 0.335 e. The fourth-order valence-corrected chi connectivity index (χ4v) is 4.43. The van der Waals surface area contributed by atoms with Gasteiger partial charge >= 0.3 is 12.0 Å². The molecule has 1 fully saturated rings. The summed E-state index contributed by atoms with van der Waals surface area (Å²) in [6.07, 6.45) is 24.4. The first-order valence-corrected chi connectivity index (χ1v) is 15.4. The van der Waals surface area contributed by atoms with Crippen LogP contribution in [-0.4, -0.2) is 47.0 Å². The highest BCUT2D eigenvalue weighted by molar-refractivity contribution is 5.87. The number of pyridine rings is 1. The maximum atomic E-state index is 10.2. The van der Waals surface area contributed by atoms with Gasteiger partial charge in [-0.05, 0) is 30.7 Å². The number of benzene rings is 1. The molecule has 42 heavy (non-hydrogen) atoms. The first-order chi connectivity index (χ1) is 19.9. The molecule has 0 bridgehead atoms. The zero-order valence-electron chi connectivity index (χ0n) is 25.5. The predicted molar refractivity (Wildman–Crippen MR) is 172 cm³/mol. The molecule has 0 atom stereocenters. The molecule has 2 amide bonds. The van der Waals surface area contributed by atoms with E-state index in [1.165, 1.54) is 121 Å². The van der Waals surface area contributed by atoms with E-state index in [2.05, 4.69) is 52.8 Å². The molecule has 3 rings (SSSR count). The zero-order valence-corrected chi connectivity index (χ0v) is 26.3. The number of aryl methyl sites for hydroxylation is 1. The maximum Gasteiger partial charge on any atom is 0.335 e. The fraction of sp³-hybridized carbons (Fsp3) is 0.594. The summed E-state index contributed by atoms with van der Waals surface area (Å²) in [5.74, 6) is -0.912. The number of urea groups is 1. The van der Waals surface area contributed by atoms with Gasteiger partial charge in [-0.25, -0.2) is 19.2 Å². The second-order valence-electron chi connectivity index (χ2n) is 10.5. The molecule has 1 saturated heterocycles. The van der Waals surface area contributed by atoms with Crippen molar-refractivity contribution in [1.29, 1.82) is 0 Å². The average molecular weight is 609 g/mol. The van der Waals surface area contributed by atoms with Gasteiger partial charge < -0.3 is 21.3 Å². The number of nitrogens with zero attached hydrogens (tertiary/aromatic N) is 2. The van der Waals surface area contributed by atoms with E-state index in [1.54, 1.807) is 5.01 Å². The van der Waals surface area contributed by atoms with Crippen molar-refractivity contribution in [2.24, 2.45) is 5.73 Å². The second kappa shape index (κ2) is 27.0. The average Bonchev–Trinajstić information content (AvgIpc) is 3.47. The van der Waals surface area contributed by atoms with Crippen LogP contribution >= 0.6 is 12.4 Å². The molecule has 0 saturated carbocycles. The summed E-state index contributed by atoms with van der Waals surface area (Å²) in [6.45, 7) is 5.88. The Morgan fingerprint density at radius 2 is 1.36 bits per heavy atom. The number of primary amides is 1. The minimum Gasteiger partial charge on any atom is -0.508 e. The van der Waals surface area contributed by atoms with Crippen molar-refractivity contribution in [2.45, 2.75) is 103 Å². The Morgan fingerprint density at radius 1 is 0.857 bits per heavy atom. The molecule has 6 N–H and O–H groups in total. The van der Waals surface area contributed by atoms with Crippen LogP contribution < -0.4 is 21.0 Å². The minimum atomic E-state index is -0.986. The molecule has 9 nitrogen and oxygen atoms in total. The second-order valence-corrected chi connectivity index (χ2v) is 10.5. The normalized spacial score (nSPS) is 12.2. The highest BCUT2D eigenvalue weighted by atomic mass is 35.5. The number of rotatable bonds is 17. The van der Waals surface area contributed by atoms with E-state index < -0.39 is 12.0 Å². The van der Waals surface area contributed by atoms with Crippen LogP contribution in [0.1, 0.15) is 107 Å². The van der Waals surface area contributed by atoms with Crippen molar-refractivity contribution >= 4 is 24.4 Å². The van der Waals surface area contributed by atoms with Gasteiger partial charge in [0, 0.05) is 31.6 Å². The molecule has 1 aromatic carbocycles. The summed E-state index contributed by atoms with van der Waals surface area (Å²) in [5.41, 5.74) is 7.48. The van der Waals surface area contributed by atoms with Crippen LogP contribution in [0.5, 0.6) is 5.75 Å². The Labute approximate surface area is 259 Å². The van der Waals surface area contributed by atoms with E-state index in [4.69, 9.17) is 15.9 Å². The number of carboxylic acids is 1. The standard InChI is InChI=1S/C21H38N.C7H6O3.C4H10N4O.ClH/c1-2-3-4-5-6-7-8-9-10-11-12-13-14-16-19-22-20-17-15-18-21-22;8-6-3-1-5(2-4-6)7(9)10;5-4(9)7-8-2-1-6-3-8;/h15,17-18,20-21H,2-14,16,19H2,1H3;1-4,8H,(H,9,10);6H,1-3H2,(H3,5,7,9);1H/q+1;;;. The molecule has 0 unspecified atom stereocenters. The number of carbonyl (C=O) groups excluding carboxylic acids is 1. The first-order valence-electron chi connectivity index (χ1n) is 15.4. The molecule has 2 heterocycles. The Morgan fingerprint density at radius 3 is 1.79 bits per heavy atom. The van der Waals surface area contributed by atoms with E-state index in [-0.39, 0.29) is 23.7 Å². The van der Waals surface area contributed by atoms with Crippen LogP contribution in [0.25, 0.3) is 0 Å². The van der Waals surface area contributed by atoms with Gasteiger partial charge in [-0.3, -0.25) is 5.43 Å². The number of carboxylic acid groups (broad SMARTS) is 1. The lowest BCUT2D eigenvalue weighted by Crippen LogP contribution is -2.44. The number of carbonyl (C=O) groups is 2. The number of hydrogen-bond donors (Lipinski definition) is 5. The van der Waals surface area contributed by atoms with Crippen molar-refractivity contribution in [3.8, 4) is 5.75 Å². The number of nitrogens with two attached hydrogens (primary N) is 1. The van der Waals surface area contributed by atoms with E-state index in [0.717, 1.165) is 13.1 Å². The third-order valence-electron chi connectivity index (χ3n) is 6.79. The molecule has 10 heteroatoms. The molecular weight excluding hydrogens is 554 g/mol. The summed E-state index contributed by atoms with van der Waals surface area (Å²) < 4.78 is 2.29. The third kappa shape index (κ3) is 22.8. The van der Waals surface area contributed by atoms with Gasteiger partial charge in [-0.15, -0.1) is 12.4 Å². The Bertz CT molecular complexity index is 913. The number of aromatic nitrogens is 1. The molecular formula is C32H55ClN5O4+. The largest absolute Gasteiger partial charge is 0.508 e. The van der Waals surface area contributed by atoms with Crippen LogP contribution in [-0.2, 0) is 6.54 Å². The summed E-state index contributed by atoms with van der Waals surface area (Å²) in [6, 6.07) is 11.2. The third-order valence-corrected chi connectivity index (χ3v) is 6.79. The van der Waals surface area contributed by atoms with Crippen LogP contribution in [0.3, 0.4) is 0 Å². The Hall–Kier alpha value is -2.88. The Balaban J connectivity index is 0.000000691. The SMILES string of the molecule is CCCCCCCCCCCCCCCC[n+]1ccccc1.Cl.NC(=O)NN1CCNC1.O=C(O)c1ccc(O)cc1. The van der Waals surface area contributed by atoms with Crippen molar-refractivity contribution in [3.05, 3.63) is 60.4 Å². The molecule has 1 aromatic heterocycles. The van der Waals surface area contributed by atoms with Crippen LogP contribution in [0.4, 0.5) is 4.79 Å². The topological polar surface area (TPSA) is 132 Å². The van der Waals surface area contributed by atoms with Gasteiger partial charge in [0.25, 0.3) is 0 Å². The lowest BCUT2D eigenvalue weighted by atomic mass is 10.0. The van der Waals surface area contributed by atoms with Gasteiger partial charge in [0.1, 0.15) is 12.3 Å². The van der Waals surface area contributed by atoms with Gasteiger partial charge in [0.05, 0.1) is 12.2 Å². The van der Waals surface area contributed by atoms with E-state index in [0.29, 0.717) is 6.67 Å². The van der Waals surface area contributed by atoms with Crippen molar-refractivity contribution in [3.63, 3.8) is 0 Å². The highest BCUT2D eigenvalue weighted by Crippen LogP contribution is 2.13. The van der Waals surface area contributed by atoms with Crippen LogP contribution in [0.2, 0.25) is 0 Å². The maximum absolute atomic E-state index is 10.2. The van der Waals surface area contributed by atoms with Crippen molar-refractivity contribution in [2.75, 3.05) is 19.8 Å². The van der Waals surface area contributed by atoms with Crippen molar-refractivity contribution < 1.29 is 24.4 Å². The summed E-state index contributed by atoms with van der Waals surface area (Å²) in [7, 11) is 0. The molecule has 2 aromatic rings. The molecule has 238 valence electrons. The molecule has 0 aliphatic carbocycles. The summed E-state index contributed by atoms with van der Waals surface area (Å²) in [4.78, 5) is 20.4. The van der Waals surface area contributed by atoms with Gasteiger partial charge in [-0.1, -0.05) is 90.0 Å². The number of halogens is 1. The number of nitrogens with one attached hydrogen (secondary N) is 2. The van der Waals surface area contributed by atoms with Gasteiger partial charge in [0.2, 0.25) is 0 Å². The Kier molecular flexibility index (Phi) is 25.1. The number of unbranched alkanes of at least 4 members (excludes halogenated alkanes) is 13. The molecule has 1 aliphatic heterocycles. The number of hydrogen-bond acceptors (Lipinski definition) is 5. The lowest BCUT2D eigenvalue weighted by molar-refractivity contribution is -0.697. The van der Waals surface area contributed by atoms with Gasteiger partial charge in [0.15, 0.2) is 12.4 Å². The fourth-order valence-electron chi connectivity index (χ4n) is 4.43. The van der Waals surface area contributed by atoms with Crippen LogP contribution in [0.15, 0.2) is 54.9 Å².